The van der Waals surface area contributed by atoms with E-state index in [-0.39, 0.29) is 24.2 Å². The van der Waals surface area contributed by atoms with Crippen molar-refractivity contribution in [2.75, 3.05) is 39.3 Å². The van der Waals surface area contributed by atoms with E-state index in [9.17, 15) is 9.59 Å². The van der Waals surface area contributed by atoms with Crippen molar-refractivity contribution in [3.05, 3.63) is 11.9 Å². The molecular weight excluding hydrogens is 392 g/mol. The molecule has 0 unspecified atom stereocenters. The molecule has 2 amide bonds. The quantitative estimate of drug-likeness (QED) is 0.797. The van der Waals surface area contributed by atoms with Gasteiger partial charge in [-0.25, -0.2) is 4.68 Å². The zero-order valence-electron chi connectivity index (χ0n) is 17.1. The van der Waals surface area contributed by atoms with Gasteiger partial charge in [0, 0.05) is 32.6 Å². The Morgan fingerprint density at radius 1 is 0.966 bits per heavy atom. The molecular formula is C20H33ClN6O2. The molecule has 2 aliphatic heterocycles. The number of carbonyl (C=O) groups is 2. The van der Waals surface area contributed by atoms with Crippen molar-refractivity contribution in [3.8, 4) is 0 Å². The topological polar surface area (TPSA) is 83.4 Å². The normalized spacial score (nSPS) is 21.7. The molecule has 1 aromatic heterocycles. The SMILES string of the molecule is Cl.O=C(CC1CCCCC1)N1CCN(C(=O)c2cn(C3CCNCC3)nn2)CC1. The van der Waals surface area contributed by atoms with E-state index in [1.807, 2.05) is 9.58 Å². The number of nitrogens with one attached hydrogen (secondary N) is 1. The first kappa shape index (κ1) is 22.0. The van der Waals surface area contributed by atoms with E-state index in [0.29, 0.717) is 50.3 Å². The standard InChI is InChI=1S/C20H32N6O2.ClH/c27-19(14-16-4-2-1-3-5-16)24-10-12-25(13-11-24)20(28)18-15-26(23-22-18)17-6-8-21-9-7-17;/h15-17,21H,1-14H2;1H. The molecule has 8 nitrogen and oxygen atoms in total. The van der Waals surface area contributed by atoms with Gasteiger partial charge in [-0.1, -0.05) is 24.5 Å². The molecule has 3 fully saturated rings. The maximum atomic E-state index is 12.8. The summed E-state index contributed by atoms with van der Waals surface area (Å²) in [5, 5.41) is 11.6. The van der Waals surface area contributed by atoms with Gasteiger partial charge < -0.3 is 15.1 Å². The average Bonchev–Trinajstić information content (AvgIpc) is 3.25. The van der Waals surface area contributed by atoms with E-state index in [1.165, 1.54) is 32.1 Å². The predicted molar refractivity (Wildman–Crippen MR) is 112 cm³/mol. The molecule has 3 heterocycles. The summed E-state index contributed by atoms with van der Waals surface area (Å²) in [6, 6.07) is 0.324. The molecule has 0 aromatic carbocycles. The zero-order chi connectivity index (χ0) is 19.3. The summed E-state index contributed by atoms with van der Waals surface area (Å²) in [5.74, 6) is 0.751. The smallest absolute Gasteiger partial charge is 0.276 e. The van der Waals surface area contributed by atoms with Gasteiger partial charge in [0.1, 0.15) is 0 Å². The maximum Gasteiger partial charge on any atom is 0.276 e. The Hall–Kier alpha value is -1.67. The molecule has 1 N–H and O–H groups in total. The molecule has 1 aliphatic carbocycles. The Morgan fingerprint density at radius 2 is 1.62 bits per heavy atom. The Kier molecular flexibility index (Phi) is 7.89. The first-order valence-electron chi connectivity index (χ1n) is 10.9. The summed E-state index contributed by atoms with van der Waals surface area (Å²) in [7, 11) is 0. The van der Waals surface area contributed by atoms with Gasteiger partial charge in [-0.2, -0.15) is 0 Å². The van der Waals surface area contributed by atoms with Crippen molar-refractivity contribution in [2.24, 2.45) is 5.92 Å². The van der Waals surface area contributed by atoms with Crippen molar-refractivity contribution in [1.82, 2.24) is 30.1 Å². The van der Waals surface area contributed by atoms with Gasteiger partial charge in [0.2, 0.25) is 5.91 Å². The highest BCUT2D eigenvalue weighted by Gasteiger charge is 2.28. The molecule has 1 saturated carbocycles. The molecule has 1 aromatic rings. The van der Waals surface area contributed by atoms with Crippen LogP contribution < -0.4 is 5.32 Å². The second-order valence-corrected chi connectivity index (χ2v) is 8.45. The zero-order valence-corrected chi connectivity index (χ0v) is 17.9. The molecule has 3 aliphatic rings. The summed E-state index contributed by atoms with van der Waals surface area (Å²) < 4.78 is 1.85. The number of amides is 2. The van der Waals surface area contributed by atoms with Crippen molar-refractivity contribution in [1.29, 1.82) is 0 Å². The Balaban J connectivity index is 0.00000240. The number of halogens is 1. The first-order valence-corrected chi connectivity index (χ1v) is 10.9. The minimum atomic E-state index is -0.0698. The lowest BCUT2D eigenvalue weighted by Crippen LogP contribution is -2.51. The third kappa shape index (κ3) is 5.48. The molecule has 0 spiro atoms. The number of nitrogens with zero attached hydrogens (tertiary/aromatic N) is 5. The molecule has 29 heavy (non-hydrogen) atoms. The Morgan fingerprint density at radius 3 is 2.31 bits per heavy atom. The van der Waals surface area contributed by atoms with Crippen LogP contribution in [0.25, 0.3) is 0 Å². The fourth-order valence-corrected chi connectivity index (χ4v) is 4.71. The van der Waals surface area contributed by atoms with E-state index < -0.39 is 0 Å². The highest BCUT2D eigenvalue weighted by atomic mass is 35.5. The molecule has 0 radical (unpaired) electrons. The minimum Gasteiger partial charge on any atom is -0.339 e. The minimum absolute atomic E-state index is 0. The van der Waals surface area contributed by atoms with Gasteiger partial charge >= 0.3 is 0 Å². The van der Waals surface area contributed by atoms with Crippen LogP contribution in [0.5, 0.6) is 0 Å². The van der Waals surface area contributed by atoms with Gasteiger partial charge in [0.05, 0.1) is 12.2 Å². The lowest BCUT2D eigenvalue weighted by atomic mass is 9.86. The molecule has 2 saturated heterocycles. The number of hydrogen-bond donors (Lipinski definition) is 1. The number of carbonyl (C=O) groups excluding carboxylic acids is 2. The van der Waals surface area contributed by atoms with Crippen molar-refractivity contribution < 1.29 is 9.59 Å². The highest BCUT2D eigenvalue weighted by Crippen LogP contribution is 2.27. The summed E-state index contributed by atoms with van der Waals surface area (Å²) in [6.07, 6.45) is 10.7. The van der Waals surface area contributed by atoms with Crippen molar-refractivity contribution in [2.45, 2.75) is 57.4 Å². The third-order valence-corrected chi connectivity index (χ3v) is 6.52. The average molecular weight is 425 g/mol. The lowest BCUT2D eigenvalue weighted by molar-refractivity contribution is -0.133. The largest absolute Gasteiger partial charge is 0.339 e. The second-order valence-electron chi connectivity index (χ2n) is 8.45. The van der Waals surface area contributed by atoms with Crippen LogP contribution in [0.1, 0.15) is 67.9 Å². The highest BCUT2D eigenvalue weighted by molar-refractivity contribution is 5.92. The number of aromatic nitrogens is 3. The molecule has 0 bridgehead atoms. The van der Waals surface area contributed by atoms with Crippen LogP contribution >= 0.6 is 12.4 Å². The first-order chi connectivity index (χ1) is 13.7. The van der Waals surface area contributed by atoms with E-state index in [1.54, 1.807) is 11.1 Å². The van der Waals surface area contributed by atoms with Crippen LogP contribution in [0.15, 0.2) is 6.20 Å². The van der Waals surface area contributed by atoms with Crippen LogP contribution in [0.4, 0.5) is 0 Å². The number of piperidine rings is 1. The summed E-state index contributed by atoms with van der Waals surface area (Å²) in [4.78, 5) is 29.1. The van der Waals surface area contributed by atoms with Crippen molar-refractivity contribution >= 4 is 24.2 Å². The Bertz CT molecular complexity index is 676. The fraction of sp³-hybridized carbons (Fsp3) is 0.800. The van der Waals surface area contributed by atoms with Gasteiger partial charge in [-0.15, -0.1) is 17.5 Å². The van der Waals surface area contributed by atoms with Crippen LogP contribution in [0.3, 0.4) is 0 Å². The molecule has 9 heteroatoms. The number of hydrogen-bond acceptors (Lipinski definition) is 5. The molecule has 162 valence electrons. The lowest BCUT2D eigenvalue weighted by Gasteiger charge is -2.35. The van der Waals surface area contributed by atoms with E-state index >= 15 is 0 Å². The van der Waals surface area contributed by atoms with Crippen LogP contribution in [0, 0.1) is 5.92 Å². The summed E-state index contributed by atoms with van der Waals surface area (Å²) in [5.41, 5.74) is 0.417. The summed E-state index contributed by atoms with van der Waals surface area (Å²) in [6.45, 7) is 4.36. The fourth-order valence-electron chi connectivity index (χ4n) is 4.71. The van der Waals surface area contributed by atoms with Gasteiger partial charge in [-0.3, -0.25) is 9.59 Å². The number of piperazine rings is 1. The van der Waals surface area contributed by atoms with Crippen molar-refractivity contribution in [3.63, 3.8) is 0 Å². The Labute approximate surface area is 178 Å². The van der Waals surface area contributed by atoms with Gasteiger partial charge in [-0.05, 0) is 44.7 Å². The number of rotatable bonds is 4. The van der Waals surface area contributed by atoms with Crippen LogP contribution in [-0.2, 0) is 4.79 Å². The van der Waals surface area contributed by atoms with E-state index in [4.69, 9.17) is 0 Å². The van der Waals surface area contributed by atoms with Gasteiger partial charge in [0.15, 0.2) is 5.69 Å². The van der Waals surface area contributed by atoms with E-state index in [2.05, 4.69) is 15.6 Å². The third-order valence-electron chi connectivity index (χ3n) is 6.52. The van der Waals surface area contributed by atoms with Gasteiger partial charge in [0.25, 0.3) is 5.91 Å². The monoisotopic (exact) mass is 424 g/mol. The maximum absolute atomic E-state index is 12.8. The summed E-state index contributed by atoms with van der Waals surface area (Å²) >= 11 is 0. The molecule has 4 rings (SSSR count). The predicted octanol–water partition coefficient (Wildman–Crippen LogP) is 1.88. The van der Waals surface area contributed by atoms with Crippen LogP contribution in [0.2, 0.25) is 0 Å². The molecule has 0 atom stereocenters. The van der Waals surface area contributed by atoms with E-state index in [0.717, 1.165) is 25.9 Å². The van der Waals surface area contributed by atoms with Crippen LogP contribution in [-0.4, -0.2) is 75.9 Å². The second kappa shape index (κ2) is 10.4.